The number of para-hydroxylation sites is 1. The number of benzene rings is 2. The van der Waals surface area contributed by atoms with E-state index in [1.54, 1.807) is 12.3 Å². The zero-order valence-electron chi connectivity index (χ0n) is 16.9. The molecular weight excluding hydrogens is 360 g/mol. The van der Waals surface area contributed by atoms with Crippen LogP contribution in [0.1, 0.15) is 21.6 Å². The number of carbonyl (C=O) groups excluding carboxylic acids is 1. The number of aromatic nitrogens is 1. The molecule has 1 saturated heterocycles. The van der Waals surface area contributed by atoms with Crippen molar-refractivity contribution >= 4 is 23.0 Å². The van der Waals surface area contributed by atoms with Gasteiger partial charge in [0, 0.05) is 37.6 Å². The lowest BCUT2D eigenvalue weighted by atomic mass is 10.1. The first kappa shape index (κ1) is 19.0. The number of carbonyl (C=O) groups is 1. The Morgan fingerprint density at radius 3 is 2.03 bits per heavy atom. The highest BCUT2D eigenvalue weighted by atomic mass is 16.1. The van der Waals surface area contributed by atoms with Crippen molar-refractivity contribution in [3.05, 3.63) is 83.7 Å². The average Bonchev–Trinajstić information content (AvgIpc) is 2.74. The van der Waals surface area contributed by atoms with Gasteiger partial charge >= 0.3 is 0 Å². The van der Waals surface area contributed by atoms with Gasteiger partial charge in [-0.2, -0.15) is 0 Å². The van der Waals surface area contributed by atoms with Crippen molar-refractivity contribution in [2.75, 3.05) is 41.3 Å². The second kappa shape index (κ2) is 8.35. The maximum absolute atomic E-state index is 12.5. The molecule has 0 atom stereocenters. The molecule has 1 amide bonds. The number of piperazine rings is 1. The summed E-state index contributed by atoms with van der Waals surface area (Å²) in [7, 11) is 0. The summed E-state index contributed by atoms with van der Waals surface area (Å²) in [4.78, 5) is 21.7. The number of nitrogens with one attached hydrogen (secondary N) is 1. The van der Waals surface area contributed by atoms with E-state index < -0.39 is 0 Å². The Morgan fingerprint density at radius 1 is 0.828 bits per heavy atom. The molecule has 2 heterocycles. The summed E-state index contributed by atoms with van der Waals surface area (Å²) < 4.78 is 0. The fourth-order valence-corrected chi connectivity index (χ4v) is 3.81. The predicted molar refractivity (Wildman–Crippen MR) is 119 cm³/mol. The molecule has 0 bridgehead atoms. The monoisotopic (exact) mass is 386 g/mol. The van der Waals surface area contributed by atoms with E-state index in [-0.39, 0.29) is 5.91 Å². The molecule has 3 aromatic rings. The smallest absolute Gasteiger partial charge is 0.274 e. The van der Waals surface area contributed by atoms with Gasteiger partial charge in [0.2, 0.25) is 0 Å². The summed E-state index contributed by atoms with van der Waals surface area (Å²) in [5.74, 6) is -0.185. The second-order valence-electron chi connectivity index (χ2n) is 7.54. The number of pyridine rings is 1. The maximum Gasteiger partial charge on any atom is 0.274 e. The lowest BCUT2D eigenvalue weighted by molar-refractivity contribution is 0.102. The Balaban J connectivity index is 1.37. The number of nitrogens with zero attached hydrogens (tertiary/aromatic N) is 3. The van der Waals surface area contributed by atoms with E-state index in [1.165, 1.54) is 5.69 Å². The molecule has 148 valence electrons. The molecule has 2 aromatic carbocycles. The third-order valence-electron chi connectivity index (χ3n) is 5.23. The van der Waals surface area contributed by atoms with Crippen molar-refractivity contribution in [1.29, 1.82) is 0 Å². The van der Waals surface area contributed by atoms with E-state index in [1.807, 2.05) is 38.1 Å². The van der Waals surface area contributed by atoms with Crippen molar-refractivity contribution in [2.24, 2.45) is 0 Å². The van der Waals surface area contributed by atoms with Gasteiger partial charge in [-0.15, -0.1) is 0 Å². The minimum atomic E-state index is -0.185. The first-order chi connectivity index (χ1) is 14.1. The van der Waals surface area contributed by atoms with Crippen molar-refractivity contribution in [2.45, 2.75) is 13.8 Å². The number of hydrogen-bond donors (Lipinski definition) is 1. The van der Waals surface area contributed by atoms with Crippen LogP contribution in [-0.4, -0.2) is 37.1 Å². The molecule has 5 nitrogen and oxygen atoms in total. The summed E-state index contributed by atoms with van der Waals surface area (Å²) >= 11 is 0. The van der Waals surface area contributed by atoms with Crippen LogP contribution in [0.25, 0.3) is 0 Å². The van der Waals surface area contributed by atoms with E-state index in [4.69, 9.17) is 0 Å². The number of anilines is 3. The van der Waals surface area contributed by atoms with Gasteiger partial charge in [0.1, 0.15) is 5.69 Å². The van der Waals surface area contributed by atoms with Crippen LogP contribution in [0.15, 0.2) is 66.9 Å². The fraction of sp³-hybridized carbons (Fsp3) is 0.250. The first-order valence-corrected chi connectivity index (χ1v) is 9.99. The lowest BCUT2D eigenvalue weighted by Gasteiger charge is -2.37. The molecule has 1 N–H and O–H groups in total. The SMILES string of the molecule is Cc1cc(C)cc(NC(=O)c2ccc(N3CCN(c4ccccc4)CC3)cn2)c1. The van der Waals surface area contributed by atoms with Gasteiger partial charge in [-0.1, -0.05) is 24.3 Å². The highest BCUT2D eigenvalue weighted by Crippen LogP contribution is 2.20. The molecule has 1 aliphatic rings. The lowest BCUT2D eigenvalue weighted by Crippen LogP contribution is -2.46. The zero-order valence-corrected chi connectivity index (χ0v) is 16.9. The van der Waals surface area contributed by atoms with Crippen molar-refractivity contribution in [3.8, 4) is 0 Å². The molecule has 0 aliphatic carbocycles. The van der Waals surface area contributed by atoms with Gasteiger partial charge in [-0.25, -0.2) is 4.98 Å². The molecule has 1 aromatic heterocycles. The largest absolute Gasteiger partial charge is 0.368 e. The van der Waals surface area contributed by atoms with Crippen LogP contribution in [0, 0.1) is 13.8 Å². The Bertz CT molecular complexity index is 957. The summed E-state index contributed by atoms with van der Waals surface area (Å²) in [6.45, 7) is 7.85. The van der Waals surface area contributed by atoms with E-state index in [9.17, 15) is 4.79 Å². The Labute approximate surface area is 172 Å². The molecule has 4 rings (SSSR count). The Kier molecular flexibility index (Phi) is 5.47. The number of hydrogen-bond acceptors (Lipinski definition) is 4. The summed E-state index contributed by atoms with van der Waals surface area (Å²) in [5.41, 5.74) is 5.80. The van der Waals surface area contributed by atoms with Crippen LogP contribution >= 0.6 is 0 Å². The van der Waals surface area contributed by atoms with Gasteiger partial charge in [0.05, 0.1) is 11.9 Å². The van der Waals surface area contributed by atoms with Crippen LogP contribution in [0.3, 0.4) is 0 Å². The van der Waals surface area contributed by atoms with E-state index >= 15 is 0 Å². The van der Waals surface area contributed by atoms with Crippen LogP contribution < -0.4 is 15.1 Å². The third-order valence-corrected chi connectivity index (χ3v) is 5.23. The van der Waals surface area contributed by atoms with Gasteiger partial charge in [0.25, 0.3) is 5.91 Å². The molecule has 0 spiro atoms. The Morgan fingerprint density at radius 2 is 1.45 bits per heavy atom. The molecule has 0 radical (unpaired) electrons. The molecule has 1 aliphatic heterocycles. The minimum Gasteiger partial charge on any atom is -0.368 e. The van der Waals surface area contributed by atoms with Crippen molar-refractivity contribution in [3.63, 3.8) is 0 Å². The second-order valence-corrected chi connectivity index (χ2v) is 7.54. The third kappa shape index (κ3) is 4.57. The molecule has 0 saturated carbocycles. The number of rotatable bonds is 4. The van der Waals surface area contributed by atoms with Crippen molar-refractivity contribution in [1.82, 2.24) is 4.98 Å². The topological polar surface area (TPSA) is 48.5 Å². The average molecular weight is 386 g/mol. The summed E-state index contributed by atoms with van der Waals surface area (Å²) in [6, 6.07) is 20.3. The molecule has 29 heavy (non-hydrogen) atoms. The quantitative estimate of drug-likeness (QED) is 0.727. The maximum atomic E-state index is 12.5. The first-order valence-electron chi connectivity index (χ1n) is 9.99. The highest BCUT2D eigenvalue weighted by molar-refractivity contribution is 6.03. The van der Waals surface area contributed by atoms with Crippen molar-refractivity contribution < 1.29 is 4.79 Å². The van der Waals surface area contributed by atoms with Gasteiger partial charge < -0.3 is 15.1 Å². The molecule has 1 fully saturated rings. The number of aryl methyl sites for hydroxylation is 2. The standard InChI is InChI=1S/C24H26N4O/c1-18-14-19(2)16-20(15-18)26-24(29)23-9-8-22(17-25-23)28-12-10-27(11-13-28)21-6-4-3-5-7-21/h3-9,14-17H,10-13H2,1-2H3,(H,26,29). The van der Waals surface area contributed by atoms with E-state index in [0.29, 0.717) is 5.69 Å². The van der Waals surface area contributed by atoms with Gasteiger partial charge in [0.15, 0.2) is 0 Å². The Hall–Kier alpha value is -3.34. The van der Waals surface area contributed by atoms with Gasteiger partial charge in [-0.3, -0.25) is 4.79 Å². The van der Waals surface area contributed by atoms with Crippen LogP contribution in [0.5, 0.6) is 0 Å². The van der Waals surface area contributed by atoms with Crippen LogP contribution in [-0.2, 0) is 0 Å². The molecular formula is C24H26N4O. The van der Waals surface area contributed by atoms with Crippen LogP contribution in [0.2, 0.25) is 0 Å². The summed E-state index contributed by atoms with van der Waals surface area (Å²) in [5, 5.41) is 2.94. The minimum absolute atomic E-state index is 0.185. The fourth-order valence-electron chi connectivity index (χ4n) is 3.81. The molecule has 5 heteroatoms. The van der Waals surface area contributed by atoms with E-state index in [2.05, 4.69) is 50.4 Å². The van der Waals surface area contributed by atoms with Crippen LogP contribution in [0.4, 0.5) is 17.1 Å². The molecule has 0 unspecified atom stereocenters. The normalized spacial score (nSPS) is 14.0. The van der Waals surface area contributed by atoms with Gasteiger partial charge in [-0.05, 0) is 61.4 Å². The predicted octanol–water partition coefficient (Wildman–Crippen LogP) is 4.28. The summed E-state index contributed by atoms with van der Waals surface area (Å²) in [6.07, 6.45) is 1.80. The highest BCUT2D eigenvalue weighted by Gasteiger charge is 2.18. The number of amides is 1. The van der Waals surface area contributed by atoms with E-state index in [0.717, 1.165) is 48.7 Å². The zero-order chi connectivity index (χ0) is 20.2.